The molecule has 2 atom stereocenters. The zero-order valence-corrected chi connectivity index (χ0v) is 18.6. The zero-order valence-electron chi connectivity index (χ0n) is 17.7. The number of rotatable bonds is 5. The monoisotopic (exact) mass is 459 g/mol. The summed E-state index contributed by atoms with van der Waals surface area (Å²) in [7, 11) is -2.56. The second-order valence-corrected chi connectivity index (χ2v) is 10.7. The van der Waals surface area contributed by atoms with E-state index < -0.39 is 16.7 Å². The molecule has 2 aliphatic heterocycles. The lowest BCUT2D eigenvalue weighted by Crippen LogP contribution is -2.49. The van der Waals surface area contributed by atoms with Gasteiger partial charge in [-0.25, -0.2) is 0 Å². The van der Waals surface area contributed by atoms with Crippen LogP contribution in [0.5, 0.6) is 0 Å². The Balaban J connectivity index is 1.28. The van der Waals surface area contributed by atoms with Crippen molar-refractivity contribution < 1.29 is 23.8 Å². The lowest BCUT2D eigenvalue weighted by Gasteiger charge is -2.40. The standard InChI is InChI=1S/C23H29N3O5S/c27-21(20-13-18-3-1-2-4-19(18)14-24-20)15-25-22(28)16-5-7-17(8-6-16)23(29)26-9-11-32(30,31)12-10-26/h1-8,20-21,24,27,30-31H,9-15H2,(H,25,28). The van der Waals surface area contributed by atoms with Crippen molar-refractivity contribution in [2.45, 2.75) is 25.1 Å². The summed E-state index contributed by atoms with van der Waals surface area (Å²) < 4.78 is 19.4. The van der Waals surface area contributed by atoms with Gasteiger partial charge in [0.25, 0.3) is 11.8 Å². The molecule has 4 rings (SSSR count). The first-order valence-electron chi connectivity index (χ1n) is 10.7. The Morgan fingerprint density at radius 1 is 1.03 bits per heavy atom. The molecule has 0 aliphatic carbocycles. The third-order valence-electron chi connectivity index (χ3n) is 6.11. The van der Waals surface area contributed by atoms with Gasteiger partial charge in [0.05, 0.1) is 17.6 Å². The summed E-state index contributed by atoms with van der Waals surface area (Å²) in [6.07, 6.45) is -0.0186. The number of nitrogens with one attached hydrogen (secondary N) is 2. The molecule has 2 unspecified atom stereocenters. The number of carbonyl (C=O) groups is 2. The van der Waals surface area contributed by atoms with Crippen LogP contribution in [0.2, 0.25) is 0 Å². The lowest BCUT2D eigenvalue weighted by molar-refractivity contribution is 0.0767. The van der Waals surface area contributed by atoms with Gasteiger partial charge in [0.2, 0.25) is 0 Å². The fourth-order valence-corrected chi connectivity index (χ4v) is 5.30. The van der Waals surface area contributed by atoms with Crippen molar-refractivity contribution in [2.24, 2.45) is 0 Å². The molecular weight excluding hydrogens is 430 g/mol. The highest BCUT2D eigenvalue weighted by Crippen LogP contribution is 2.40. The molecule has 1 saturated heterocycles. The Morgan fingerprint density at radius 2 is 1.66 bits per heavy atom. The number of aliphatic hydroxyl groups excluding tert-OH is 1. The summed E-state index contributed by atoms with van der Waals surface area (Å²) in [4.78, 5) is 26.7. The van der Waals surface area contributed by atoms with Gasteiger partial charge < -0.3 is 20.6 Å². The van der Waals surface area contributed by atoms with Gasteiger partial charge in [0.1, 0.15) is 0 Å². The molecular formula is C23H29N3O5S. The van der Waals surface area contributed by atoms with Crippen molar-refractivity contribution in [3.8, 4) is 0 Å². The minimum Gasteiger partial charge on any atom is -0.390 e. The largest absolute Gasteiger partial charge is 0.390 e. The van der Waals surface area contributed by atoms with Crippen LogP contribution in [0.25, 0.3) is 0 Å². The van der Waals surface area contributed by atoms with Crippen molar-refractivity contribution in [3.63, 3.8) is 0 Å². The predicted molar refractivity (Wildman–Crippen MR) is 124 cm³/mol. The molecule has 2 aliphatic rings. The van der Waals surface area contributed by atoms with E-state index in [2.05, 4.69) is 22.8 Å². The Morgan fingerprint density at radius 3 is 2.34 bits per heavy atom. The summed E-state index contributed by atoms with van der Waals surface area (Å²) in [5.41, 5.74) is 3.29. The molecule has 0 radical (unpaired) electrons. The third-order valence-corrected chi connectivity index (χ3v) is 7.78. The van der Waals surface area contributed by atoms with Crippen molar-refractivity contribution in [1.29, 1.82) is 0 Å². The number of amides is 2. The number of aliphatic hydroxyl groups is 1. The number of nitrogens with zero attached hydrogens (tertiary/aromatic N) is 1. The van der Waals surface area contributed by atoms with Gasteiger partial charge in [-0.3, -0.25) is 18.7 Å². The van der Waals surface area contributed by atoms with E-state index >= 15 is 0 Å². The molecule has 32 heavy (non-hydrogen) atoms. The topological polar surface area (TPSA) is 122 Å². The maximum Gasteiger partial charge on any atom is 0.253 e. The first-order valence-corrected chi connectivity index (χ1v) is 12.6. The van der Waals surface area contributed by atoms with Gasteiger partial charge in [-0.2, -0.15) is 10.6 Å². The number of carbonyl (C=O) groups excluding carboxylic acids is 2. The van der Waals surface area contributed by atoms with Gasteiger partial charge in [-0.05, 0) is 41.8 Å². The minimum absolute atomic E-state index is 0.125. The number of benzene rings is 2. The summed E-state index contributed by atoms with van der Waals surface area (Å²) in [6, 6.07) is 14.4. The van der Waals surface area contributed by atoms with E-state index in [0.29, 0.717) is 37.2 Å². The molecule has 0 aromatic heterocycles. The average molecular weight is 460 g/mol. The van der Waals surface area contributed by atoms with Crippen LogP contribution in [0.3, 0.4) is 0 Å². The summed E-state index contributed by atoms with van der Waals surface area (Å²) >= 11 is 0. The van der Waals surface area contributed by atoms with E-state index in [1.54, 1.807) is 29.2 Å². The summed E-state index contributed by atoms with van der Waals surface area (Å²) in [5, 5.41) is 16.6. The van der Waals surface area contributed by atoms with Crippen LogP contribution >= 0.6 is 10.6 Å². The molecule has 9 heteroatoms. The molecule has 8 nitrogen and oxygen atoms in total. The third kappa shape index (κ3) is 5.31. The second-order valence-electron chi connectivity index (χ2n) is 8.32. The summed E-state index contributed by atoms with van der Waals surface area (Å²) in [6.45, 7) is 1.43. The van der Waals surface area contributed by atoms with E-state index in [1.165, 1.54) is 11.1 Å². The van der Waals surface area contributed by atoms with Gasteiger partial charge in [-0.15, -0.1) is 0 Å². The highest BCUT2D eigenvalue weighted by atomic mass is 32.3. The smallest absolute Gasteiger partial charge is 0.253 e. The lowest BCUT2D eigenvalue weighted by atomic mass is 9.93. The Hall–Kier alpha value is -2.43. The number of fused-ring (bicyclic) bond motifs is 1. The highest BCUT2D eigenvalue weighted by Gasteiger charge is 2.27. The van der Waals surface area contributed by atoms with Crippen molar-refractivity contribution in [1.82, 2.24) is 15.5 Å². The molecule has 2 heterocycles. The van der Waals surface area contributed by atoms with E-state index in [1.807, 2.05) is 12.1 Å². The van der Waals surface area contributed by atoms with Gasteiger partial charge in [0.15, 0.2) is 0 Å². The molecule has 2 amide bonds. The molecule has 0 spiro atoms. The average Bonchev–Trinajstić information content (AvgIpc) is 2.81. The van der Waals surface area contributed by atoms with E-state index in [4.69, 9.17) is 0 Å². The van der Waals surface area contributed by atoms with Crippen molar-refractivity contribution in [3.05, 3.63) is 70.8 Å². The van der Waals surface area contributed by atoms with Crippen LogP contribution in [0, 0.1) is 0 Å². The van der Waals surface area contributed by atoms with Crippen LogP contribution < -0.4 is 10.6 Å². The van der Waals surface area contributed by atoms with Crippen molar-refractivity contribution >= 4 is 22.4 Å². The van der Waals surface area contributed by atoms with Crippen LogP contribution in [-0.2, 0) is 13.0 Å². The molecule has 5 N–H and O–H groups in total. The van der Waals surface area contributed by atoms with Crippen LogP contribution in [0.4, 0.5) is 0 Å². The zero-order chi connectivity index (χ0) is 22.7. The van der Waals surface area contributed by atoms with Crippen LogP contribution in [-0.4, -0.2) is 74.2 Å². The molecule has 1 fully saturated rings. The van der Waals surface area contributed by atoms with Gasteiger partial charge >= 0.3 is 0 Å². The molecule has 0 saturated carbocycles. The van der Waals surface area contributed by atoms with Crippen molar-refractivity contribution in [2.75, 3.05) is 31.1 Å². The number of hydrogen-bond donors (Lipinski definition) is 5. The highest BCUT2D eigenvalue weighted by molar-refractivity contribution is 8.24. The first-order chi connectivity index (χ1) is 15.3. The van der Waals surface area contributed by atoms with Gasteiger partial charge in [-0.1, -0.05) is 24.3 Å². The van der Waals surface area contributed by atoms with E-state index in [-0.39, 0.29) is 35.9 Å². The first kappa shape index (κ1) is 22.8. The maximum atomic E-state index is 12.6. The van der Waals surface area contributed by atoms with Crippen LogP contribution in [0.15, 0.2) is 48.5 Å². The molecule has 172 valence electrons. The Labute approximate surface area is 189 Å². The second kappa shape index (κ2) is 9.60. The Kier molecular flexibility index (Phi) is 6.82. The fraction of sp³-hybridized carbons (Fsp3) is 0.391. The van der Waals surface area contributed by atoms with Crippen LogP contribution in [0.1, 0.15) is 31.8 Å². The normalized spacial score (nSPS) is 21.8. The maximum absolute atomic E-state index is 12.6. The van der Waals surface area contributed by atoms with E-state index in [9.17, 15) is 23.8 Å². The number of hydrogen-bond acceptors (Lipinski definition) is 6. The summed E-state index contributed by atoms with van der Waals surface area (Å²) in [5.74, 6) is -0.108. The van der Waals surface area contributed by atoms with E-state index in [0.717, 1.165) is 0 Å². The quantitative estimate of drug-likeness (QED) is 0.464. The Bertz CT molecular complexity index is 972. The van der Waals surface area contributed by atoms with Gasteiger partial charge in [0, 0.05) is 43.3 Å². The predicted octanol–water partition coefficient (Wildman–Crippen LogP) is 1.70. The minimum atomic E-state index is -2.56. The SMILES string of the molecule is O=C(NCC(O)C1Cc2ccccc2CN1)c1ccc(C(=O)N2CCS(O)(O)CC2)cc1. The molecule has 2 aromatic rings. The molecule has 2 aromatic carbocycles. The molecule has 0 bridgehead atoms. The fourth-order valence-electron chi connectivity index (χ4n) is 4.07.